The Morgan fingerprint density at radius 1 is 1.35 bits per heavy atom. The maximum absolute atomic E-state index is 12.6. The minimum absolute atomic E-state index is 0.0577. The van der Waals surface area contributed by atoms with Gasteiger partial charge in [-0.1, -0.05) is 0 Å². The zero-order chi connectivity index (χ0) is 17.2. The summed E-state index contributed by atoms with van der Waals surface area (Å²) in [6, 6.07) is 2.14. The molecule has 0 aromatic carbocycles. The summed E-state index contributed by atoms with van der Waals surface area (Å²) in [5.74, 6) is 0.936. The average Bonchev–Trinajstić information content (AvgIpc) is 2.45. The molecule has 1 aromatic heterocycles. The van der Waals surface area contributed by atoms with Gasteiger partial charge in [0.25, 0.3) is 0 Å². The SMILES string of the molecule is Cc1cc(N(C)C)ncc1C1CCCCN1C(=O)OC(C)(C)C. The standard InChI is InChI=1S/C18H29N3O2/c1-13-11-16(20(5)6)19-12-14(13)15-9-7-8-10-21(15)17(22)23-18(2,3)4/h11-12,15H,7-10H2,1-6H3. The minimum Gasteiger partial charge on any atom is -0.444 e. The predicted molar refractivity (Wildman–Crippen MR) is 92.8 cm³/mol. The quantitative estimate of drug-likeness (QED) is 0.829. The van der Waals surface area contributed by atoms with E-state index >= 15 is 0 Å². The zero-order valence-electron chi connectivity index (χ0n) is 15.2. The van der Waals surface area contributed by atoms with Crippen molar-refractivity contribution in [2.75, 3.05) is 25.5 Å². The van der Waals surface area contributed by atoms with Crippen LogP contribution in [0.1, 0.15) is 57.2 Å². The number of hydrogen-bond donors (Lipinski definition) is 0. The highest BCUT2D eigenvalue weighted by Crippen LogP contribution is 2.34. The predicted octanol–water partition coefficient (Wildman–Crippen LogP) is 3.92. The van der Waals surface area contributed by atoms with Crippen molar-refractivity contribution in [3.05, 3.63) is 23.4 Å². The van der Waals surface area contributed by atoms with Crippen molar-refractivity contribution < 1.29 is 9.53 Å². The van der Waals surface area contributed by atoms with Crippen molar-refractivity contribution in [2.45, 2.75) is 58.6 Å². The molecule has 0 aliphatic carbocycles. The van der Waals surface area contributed by atoms with Gasteiger partial charge in [0.15, 0.2) is 0 Å². The summed E-state index contributed by atoms with van der Waals surface area (Å²) in [6.07, 6.45) is 4.80. The number of carbonyl (C=O) groups excluding carboxylic acids is 1. The molecule has 1 unspecified atom stereocenters. The van der Waals surface area contributed by atoms with Gasteiger partial charge in [0.2, 0.25) is 0 Å². The Labute approximate surface area is 139 Å². The maximum Gasteiger partial charge on any atom is 0.410 e. The van der Waals surface area contributed by atoms with E-state index in [-0.39, 0.29) is 12.1 Å². The van der Waals surface area contributed by atoms with Crippen molar-refractivity contribution in [2.24, 2.45) is 0 Å². The van der Waals surface area contributed by atoms with Gasteiger partial charge in [-0.15, -0.1) is 0 Å². The van der Waals surface area contributed by atoms with Crippen LogP contribution in [0.5, 0.6) is 0 Å². The smallest absolute Gasteiger partial charge is 0.410 e. The summed E-state index contributed by atoms with van der Waals surface area (Å²) in [4.78, 5) is 20.9. The van der Waals surface area contributed by atoms with Crippen LogP contribution in [0.2, 0.25) is 0 Å². The molecule has 1 amide bonds. The number of ether oxygens (including phenoxy) is 1. The van der Waals surface area contributed by atoms with Gasteiger partial charge >= 0.3 is 6.09 Å². The van der Waals surface area contributed by atoms with Crippen LogP contribution in [0.25, 0.3) is 0 Å². The lowest BCUT2D eigenvalue weighted by atomic mass is 9.94. The molecule has 1 atom stereocenters. The Morgan fingerprint density at radius 3 is 2.61 bits per heavy atom. The van der Waals surface area contributed by atoms with Gasteiger partial charge in [-0.2, -0.15) is 0 Å². The second kappa shape index (κ2) is 6.77. The van der Waals surface area contributed by atoms with Crippen LogP contribution in [-0.2, 0) is 4.74 Å². The first-order valence-electron chi connectivity index (χ1n) is 8.32. The topological polar surface area (TPSA) is 45.7 Å². The fourth-order valence-electron chi connectivity index (χ4n) is 2.94. The van der Waals surface area contributed by atoms with Crippen LogP contribution in [0.15, 0.2) is 12.3 Å². The zero-order valence-corrected chi connectivity index (χ0v) is 15.2. The van der Waals surface area contributed by atoms with Crippen molar-refractivity contribution in [3.8, 4) is 0 Å². The third-order valence-electron chi connectivity index (χ3n) is 4.08. The maximum atomic E-state index is 12.6. The molecule has 2 rings (SSSR count). The fraction of sp³-hybridized carbons (Fsp3) is 0.667. The number of nitrogens with zero attached hydrogens (tertiary/aromatic N) is 3. The second-order valence-electron chi connectivity index (χ2n) is 7.48. The number of likely N-dealkylation sites (tertiary alicyclic amines) is 1. The minimum atomic E-state index is -0.471. The second-order valence-corrected chi connectivity index (χ2v) is 7.48. The molecule has 1 aromatic rings. The monoisotopic (exact) mass is 319 g/mol. The van der Waals surface area contributed by atoms with E-state index in [0.717, 1.165) is 37.2 Å². The molecular weight excluding hydrogens is 290 g/mol. The number of piperidine rings is 1. The summed E-state index contributed by atoms with van der Waals surface area (Å²) < 4.78 is 5.59. The first-order chi connectivity index (χ1) is 10.7. The number of carbonyl (C=O) groups is 1. The van der Waals surface area contributed by atoms with Gasteiger partial charge in [-0.05, 0) is 64.2 Å². The largest absolute Gasteiger partial charge is 0.444 e. The Hall–Kier alpha value is -1.78. The average molecular weight is 319 g/mol. The fourth-order valence-corrected chi connectivity index (χ4v) is 2.94. The first kappa shape index (κ1) is 17.6. The molecule has 5 heteroatoms. The molecule has 5 nitrogen and oxygen atoms in total. The Morgan fingerprint density at radius 2 is 2.04 bits per heavy atom. The lowest BCUT2D eigenvalue weighted by Crippen LogP contribution is -2.42. The number of aromatic nitrogens is 1. The number of anilines is 1. The van der Waals surface area contributed by atoms with Crippen LogP contribution in [0.3, 0.4) is 0 Å². The number of amides is 1. The molecular formula is C18H29N3O2. The van der Waals surface area contributed by atoms with Gasteiger partial charge in [-0.25, -0.2) is 9.78 Å². The lowest BCUT2D eigenvalue weighted by molar-refractivity contribution is 0.00942. The van der Waals surface area contributed by atoms with E-state index < -0.39 is 5.60 Å². The first-order valence-corrected chi connectivity index (χ1v) is 8.32. The van der Waals surface area contributed by atoms with E-state index in [1.807, 2.05) is 50.9 Å². The molecule has 1 saturated heterocycles. The van der Waals surface area contributed by atoms with Gasteiger partial charge in [0.1, 0.15) is 11.4 Å². The van der Waals surface area contributed by atoms with Crippen LogP contribution in [0.4, 0.5) is 10.6 Å². The Balaban J connectivity index is 2.26. The Bertz CT molecular complexity index is 564. The molecule has 23 heavy (non-hydrogen) atoms. The van der Waals surface area contributed by atoms with Gasteiger partial charge in [0.05, 0.1) is 6.04 Å². The highest BCUT2D eigenvalue weighted by molar-refractivity contribution is 5.69. The summed E-state index contributed by atoms with van der Waals surface area (Å²) in [6.45, 7) is 8.55. The van der Waals surface area contributed by atoms with Crippen LogP contribution in [-0.4, -0.2) is 42.2 Å². The van der Waals surface area contributed by atoms with Crippen molar-refractivity contribution >= 4 is 11.9 Å². The summed E-state index contributed by atoms with van der Waals surface area (Å²) >= 11 is 0. The van der Waals surface area contributed by atoms with Gasteiger partial charge in [-0.3, -0.25) is 0 Å². The summed E-state index contributed by atoms with van der Waals surface area (Å²) in [7, 11) is 3.96. The van der Waals surface area contributed by atoms with E-state index in [0.29, 0.717) is 0 Å². The lowest BCUT2D eigenvalue weighted by Gasteiger charge is -2.37. The van der Waals surface area contributed by atoms with Crippen molar-refractivity contribution in [1.29, 1.82) is 0 Å². The molecule has 0 bridgehead atoms. The van der Waals surface area contributed by atoms with Crippen LogP contribution < -0.4 is 4.90 Å². The number of aryl methyl sites for hydroxylation is 1. The van der Waals surface area contributed by atoms with Crippen molar-refractivity contribution in [1.82, 2.24) is 9.88 Å². The van der Waals surface area contributed by atoms with Crippen LogP contribution in [0, 0.1) is 6.92 Å². The third-order valence-corrected chi connectivity index (χ3v) is 4.08. The molecule has 2 heterocycles. The highest BCUT2D eigenvalue weighted by atomic mass is 16.6. The van der Waals surface area contributed by atoms with E-state index in [4.69, 9.17) is 4.74 Å². The normalized spacial score (nSPS) is 18.7. The van der Waals surface area contributed by atoms with E-state index in [1.54, 1.807) is 0 Å². The Kier molecular flexibility index (Phi) is 5.17. The van der Waals surface area contributed by atoms with E-state index in [1.165, 1.54) is 5.56 Å². The number of hydrogen-bond acceptors (Lipinski definition) is 4. The molecule has 0 N–H and O–H groups in total. The molecule has 0 saturated carbocycles. The molecule has 1 fully saturated rings. The summed E-state index contributed by atoms with van der Waals surface area (Å²) in [5, 5.41) is 0. The highest BCUT2D eigenvalue weighted by Gasteiger charge is 2.32. The molecule has 1 aliphatic heterocycles. The molecule has 0 spiro atoms. The van der Waals surface area contributed by atoms with Gasteiger partial charge < -0.3 is 14.5 Å². The molecule has 128 valence electrons. The summed E-state index contributed by atoms with van der Waals surface area (Å²) in [5.41, 5.74) is 1.83. The number of pyridine rings is 1. The van der Waals surface area contributed by atoms with Crippen molar-refractivity contribution in [3.63, 3.8) is 0 Å². The van der Waals surface area contributed by atoms with E-state index in [9.17, 15) is 4.79 Å². The third kappa shape index (κ3) is 4.36. The molecule has 0 radical (unpaired) electrons. The molecule has 1 aliphatic rings. The van der Waals surface area contributed by atoms with Gasteiger partial charge in [0, 0.05) is 26.8 Å². The van der Waals surface area contributed by atoms with E-state index in [2.05, 4.69) is 18.0 Å². The van der Waals surface area contributed by atoms with Crippen LogP contribution >= 0.6 is 0 Å². The number of rotatable bonds is 2.